The Kier molecular flexibility index (Phi) is 5.96. The van der Waals surface area contributed by atoms with E-state index in [9.17, 15) is 9.18 Å². The molecule has 1 atom stereocenters. The summed E-state index contributed by atoms with van der Waals surface area (Å²) in [5, 5.41) is 6.26. The number of halogens is 2. The fourth-order valence-corrected chi connectivity index (χ4v) is 2.53. The maximum absolute atomic E-state index is 13.3. The lowest BCUT2D eigenvalue weighted by atomic mass is 9.83. The van der Waals surface area contributed by atoms with Gasteiger partial charge in [-0.15, -0.1) is 12.4 Å². The van der Waals surface area contributed by atoms with E-state index in [-0.39, 0.29) is 29.5 Å². The lowest BCUT2D eigenvalue weighted by Crippen LogP contribution is -2.45. The summed E-state index contributed by atoms with van der Waals surface area (Å²) >= 11 is 0. The van der Waals surface area contributed by atoms with Gasteiger partial charge in [-0.2, -0.15) is 0 Å². The van der Waals surface area contributed by atoms with Gasteiger partial charge in [-0.3, -0.25) is 4.79 Å². The first-order valence-corrected chi connectivity index (χ1v) is 6.75. The molecule has 1 aromatic rings. The van der Waals surface area contributed by atoms with Crippen molar-refractivity contribution < 1.29 is 9.18 Å². The third kappa shape index (κ3) is 4.46. The third-order valence-electron chi connectivity index (χ3n) is 3.67. The van der Waals surface area contributed by atoms with Crippen molar-refractivity contribution in [1.29, 1.82) is 0 Å². The first-order chi connectivity index (χ1) is 8.98. The highest BCUT2D eigenvalue weighted by Crippen LogP contribution is 2.24. The van der Waals surface area contributed by atoms with Crippen molar-refractivity contribution in [2.75, 3.05) is 19.6 Å². The Bertz CT molecular complexity index is 453. The number of piperidine rings is 1. The van der Waals surface area contributed by atoms with Crippen molar-refractivity contribution in [3.8, 4) is 0 Å². The van der Waals surface area contributed by atoms with Crippen molar-refractivity contribution in [3.05, 3.63) is 35.1 Å². The molecule has 1 aromatic carbocycles. The molecule has 112 valence electrons. The Balaban J connectivity index is 0.00000200. The summed E-state index contributed by atoms with van der Waals surface area (Å²) < 4.78 is 13.3. The van der Waals surface area contributed by atoms with E-state index in [1.165, 1.54) is 12.1 Å². The molecule has 2 rings (SSSR count). The molecular weight excluding hydrogens is 279 g/mol. The Hall–Kier alpha value is -1.13. The normalized spacial score (nSPS) is 21.9. The maximum atomic E-state index is 13.3. The van der Waals surface area contributed by atoms with Gasteiger partial charge >= 0.3 is 0 Å². The zero-order chi connectivity index (χ0) is 13.9. The van der Waals surface area contributed by atoms with Crippen molar-refractivity contribution in [1.82, 2.24) is 10.6 Å². The van der Waals surface area contributed by atoms with Crippen LogP contribution in [0.1, 0.15) is 35.7 Å². The molecule has 0 bridgehead atoms. The minimum absolute atomic E-state index is 0. The van der Waals surface area contributed by atoms with Crippen LogP contribution < -0.4 is 10.6 Å². The lowest BCUT2D eigenvalue weighted by molar-refractivity contribution is 0.0924. The van der Waals surface area contributed by atoms with Gasteiger partial charge < -0.3 is 10.6 Å². The Morgan fingerprint density at radius 2 is 2.20 bits per heavy atom. The van der Waals surface area contributed by atoms with Crippen molar-refractivity contribution in [2.45, 2.75) is 26.7 Å². The average molecular weight is 301 g/mol. The number of rotatable bonds is 3. The zero-order valence-electron chi connectivity index (χ0n) is 12.0. The fourth-order valence-electron chi connectivity index (χ4n) is 2.53. The number of nitrogens with one attached hydrogen (secondary N) is 2. The van der Waals surface area contributed by atoms with Gasteiger partial charge in [0.1, 0.15) is 5.82 Å². The smallest absolute Gasteiger partial charge is 0.251 e. The predicted octanol–water partition coefficient (Wildman–Crippen LogP) is 2.68. The van der Waals surface area contributed by atoms with Gasteiger partial charge in [0.15, 0.2) is 0 Å². The van der Waals surface area contributed by atoms with Gasteiger partial charge in [0, 0.05) is 18.7 Å². The van der Waals surface area contributed by atoms with Gasteiger partial charge in [0.05, 0.1) is 0 Å². The molecule has 1 fully saturated rings. The summed E-state index contributed by atoms with van der Waals surface area (Å²) in [6.07, 6.45) is 2.23. The minimum atomic E-state index is -0.365. The van der Waals surface area contributed by atoms with Crippen LogP contribution in [0.25, 0.3) is 0 Å². The number of hydrogen-bond acceptors (Lipinski definition) is 2. The molecule has 3 nitrogen and oxygen atoms in total. The Labute approximate surface area is 125 Å². The molecule has 0 radical (unpaired) electrons. The topological polar surface area (TPSA) is 41.1 Å². The zero-order valence-corrected chi connectivity index (χ0v) is 12.8. The van der Waals surface area contributed by atoms with E-state index in [1.807, 2.05) is 0 Å². The summed E-state index contributed by atoms with van der Waals surface area (Å²) in [6, 6.07) is 4.41. The van der Waals surface area contributed by atoms with Crippen LogP contribution in [0.2, 0.25) is 0 Å². The second-order valence-electron chi connectivity index (χ2n) is 5.79. The van der Waals surface area contributed by atoms with Crippen molar-refractivity contribution in [2.24, 2.45) is 5.41 Å². The fraction of sp³-hybridized carbons (Fsp3) is 0.533. The van der Waals surface area contributed by atoms with E-state index in [4.69, 9.17) is 0 Å². The number of aryl methyl sites for hydroxylation is 1. The molecule has 1 aliphatic rings. The largest absolute Gasteiger partial charge is 0.351 e. The van der Waals surface area contributed by atoms with Gasteiger partial charge in [-0.1, -0.05) is 6.92 Å². The molecule has 5 heteroatoms. The first kappa shape index (κ1) is 16.9. The highest BCUT2D eigenvalue weighted by atomic mass is 35.5. The van der Waals surface area contributed by atoms with Crippen LogP contribution in [0.5, 0.6) is 0 Å². The van der Waals surface area contributed by atoms with Crippen molar-refractivity contribution in [3.63, 3.8) is 0 Å². The summed E-state index contributed by atoms with van der Waals surface area (Å²) in [5.74, 6) is -0.565. The second kappa shape index (κ2) is 7.04. The quantitative estimate of drug-likeness (QED) is 0.901. The van der Waals surface area contributed by atoms with Crippen LogP contribution in [0.15, 0.2) is 18.2 Å². The number of hydrogen-bond donors (Lipinski definition) is 2. The molecule has 0 spiro atoms. The molecule has 20 heavy (non-hydrogen) atoms. The van der Waals surface area contributed by atoms with E-state index in [0.717, 1.165) is 31.5 Å². The van der Waals surface area contributed by atoms with Crippen LogP contribution in [0, 0.1) is 18.2 Å². The Morgan fingerprint density at radius 1 is 1.45 bits per heavy atom. The monoisotopic (exact) mass is 300 g/mol. The standard InChI is InChI=1S/C15H21FN2O.ClH/c1-11-6-12(8-13(16)7-11)14(19)18-10-15(2)4-3-5-17-9-15;/h6-8,17H,3-5,9-10H2,1-2H3,(H,18,19);1H. The summed E-state index contributed by atoms with van der Waals surface area (Å²) in [7, 11) is 0. The first-order valence-electron chi connectivity index (χ1n) is 6.75. The molecule has 0 aliphatic carbocycles. The second-order valence-corrected chi connectivity index (χ2v) is 5.79. The van der Waals surface area contributed by atoms with Gasteiger partial charge in [0.2, 0.25) is 0 Å². The van der Waals surface area contributed by atoms with E-state index in [0.29, 0.717) is 12.1 Å². The minimum Gasteiger partial charge on any atom is -0.351 e. The highest BCUT2D eigenvalue weighted by Gasteiger charge is 2.27. The highest BCUT2D eigenvalue weighted by molar-refractivity contribution is 5.94. The van der Waals surface area contributed by atoms with E-state index < -0.39 is 0 Å². The van der Waals surface area contributed by atoms with Gasteiger partial charge in [0.25, 0.3) is 5.91 Å². The van der Waals surface area contributed by atoms with Crippen LogP contribution in [0.4, 0.5) is 4.39 Å². The SMILES string of the molecule is Cc1cc(F)cc(C(=O)NCC2(C)CCCNC2)c1.Cl. The van der Waals surface area contributed by atoms with Gasteiger partial charge in [-0.25, -0.2) is 4.39 Å². The van der Waals surface area contributed by atoms with Gasteiger partial charge in [-0.05, 0) is 55.5 Å². The molecule has 0 saturated carbocycles. The lowest BCUT2D eigenvalue weighted by Gasteiger charge is -2.34. The van der Waals surface area contributed by atoms with Crippen LogP contribution in [0.3, 0.4) is 0 Å². The number of carbonyl (C=O) groups is 1. The predicted molar refractivity (Wildman–Crippen MR) is 80.9 cm³/mol. The summed E-state index contributed by atoms with van der Waals surface area (Å²) in [4.78, 5) is 12.0. The van der Waals surface area contributed by atoms with Crippen LogP contribution >= 0.6 is 12.4 Å². The van der Waals surface area contributed by atoms with Crippen molar-refractivity contribution >= 4 is 18.3 Å². The molecule has 1 saturated heterocycles. The van der Waals surface area contributed by atoms with Crippen LogP contribution in [-0.4, -0.2) is 25.5 Å². The van der Waals surface area contributed by atoms with E-state index in [2.05, 4.69) is 17.6 Å². The van der Waals surface area contributed by atoms with E-state index in [1.54, 1.807) is 13.0 Å². The molecule has 2 N–H and O–H groups in total. The average Bonchev–Trinajstić information content (AvgIpc) is 2.36. The third-order valence-corrected chi connectivity index (χ3v) is 3.67. The summed E-state index contributed by atoms with van der Waals surface area (Å²) in [5.41, 5.74) is 1.25. The molecule has 0 aromatic heterocycles. The Morgan fingerprint density at radius 3 is 2.80 bits per heavy atom. The number of amides is 1. The molecular formula is C15H22ClFN2O. The number of carbonyl (C=O) groups excluding carboxylic acids is 1. The molecule has 1 heterocycles. The maximum Gasteiger partial charge on any atom is 0.251 e. The molecule has 1 unspecified atom stereocenters. The summed E-state index contributed by atoms with van der Waals surface area (Å²) in [6.45, 7) is 6.53. The molecule has 1 amide bonds. The molecule has 1 aliphatic heterocycles. The number of benzene rings is 1. The van der Waals surface area contributed by atoms with Crippen LogP contribution in [-0.2, 0) is 0 Å². The van der Waals surface area contributed by atoms with E-state index >= 15 is 0 Å².